The standard InChI is InChI=1S/C12H13IO2.CH4O/c1-2-7-5-9(8-3-4-8)11(13)6-10(7)12(14)15;1-2/h5-6,8H,2-4H2,1H3,(H,14,15);2H,1H3. The van der Waals surface area contributed by atoms with Gasteiger partial charge in [-0.2, -0.15) is 0 Å². The first-order valence-corrected chi connectivity index (χ1v) is 6.71. The minimum atomic E-state index is -0.813. The molecular weight excluding hydrogens is 331 g/mol. The summed E-state index contributed by atoms with van der Waals surface area (Å²) in [5.41, 5.74) is 2.77. The van der Waals surface area contributed by atoms with Crippen LogP contribution in [0.1, 0.15) is 47.2 Å². The summed E-state index contributed by atoms with van der Waals surface area (Å²) in [6, 6.07) is 3.90. The summed E-state index contributed by atoms with van der Waals surface area (Å²) in [5, 5.41) is 16.1. The summed E-state index contributed by atoms with van der Waals surface area (Å²) in [5.74, 6) is -0.128. The van der Waals surface area contributed by atoms with Gasteiger partial charge in [0.1, 0.15) is 0 Å². The van der Waals surface area contributed by atoms with Crippen molar-refractivity contribution in [2.75, 3.05) is 7.11 Å². The van der Waals surface area contributed by atoms with Crippen molar-refractivity contribution in [2.45, 2.75) is 32.1 Å². The molecule has 0 unspecified atom stereocenters. The highest BCUT2D eigenvalue weighted by Gasteiger charge is 2.27. The van der Waals surface area contributed by atoms with Crippen LogP contribution in [0.2, 0.25) is 0 Å². The Balaban J connectivity index is 0.000000686. The third-order valence-corrected chi connectivity index (χ3v) is 3.79. The second kappa shape index (κ2) is 6.35. The summed E-state index contributed by atoms with van der Waals surface area (Å²) in [4.78, 5) is 11.0. The summed E-state index contributed by atoms with van der Waals surface area (Å²) in [6.45, 7) is 2.01. The van der Waals surface area contributed by atoms with Gasteiger partial charge in [-0.3, -0.25) is 0 Å². The number of carboxylic acids is 1. The van der Waals surface area contributed by atoms with E-state index in [0.717, 1.165) is 22.7 Å². The van der Waals surface area contributed by atoms with Gasteiger partial charge in [0.2, 0.25) is 0 Å². The number of aliphatic hydroxyl groups is 1. The van der Waals surface area contributed by atoms with E-state index in [4.69, 9.17) is 10.2 Å². The van der Waals surface area contributed by atoms with E-state index >= 15 is 0 Å². The van der Waals surface area contributed by atoms with Gasteiger partial charge in [-0.15, -0.1) is 0 Å². The lowest BCUT2D eigenvalue weighted by molar-refractivity contribution is 0.0695. The van der Waals surface area contributed by atoms with Crippen molar-refractivity contribution in [3.05, 3.63) is 32.4 Å². The number of carboxylic acid groups (broad SMARTS) is 1. The number of aromatic carboxylic acids is 1. The zero-order chi connectivity index (χ0) is 13.0. The van der Waals surface area contributed by atoms with Gasteiger partial charge >= 0.3 is 5.97 Å². The van der Waals surface area contributed by atoms with Crippen LogP contribution in [-0.2, 0) is 6.42 Å². The molecule has 0 bridgehead atoms. The van der Waals surface area contributed by atoms with Crippen LogP contribution in [0.4, 0.5) is 0 Å². The molecule has 0 aromatic heterocycles. The van der Waals surface area contributed by atoms with Gasteiger partial charge < -0.3 is 10.2 Å². The number of rotatable bonds is 3. The SMILES string of the molecule is CCc1cc(C2CC2)c(I)cc1C(=O)O.CO. The Hall–Kier alpha value is -0.620. The fraction of sp³-hybridized carbons (Fsp3) is 0.462. The van der Waals surface area contributed by atoms with Crippen LogP contribution >= 0.6 is 22.6 Å². The maximum absolute atomic E-state index is 11.0. The topological polar surface area (TPSA) is 57.5 Å². The molecule has 4 heteroatoms. The molecule has 0 spiro atoms. The molecule has 3 nitrogen and oxygen atoms in total. The van der Waals surface area contributed by atoms with E-state index in [1.165, 1.54) is 18.4 Å². The molecule has 1 aliphatic carbocycles. The van der Waals surface area contributed by atoms with E-state index in [0.29, 0.717) is 11.5 Å². The maximum Gasteiger partial charge on any atom is 0.335 e. The van der Waals surface area contributed by atoms with Gasteiger partial charge in [0.25, 0.3) is 0 Å². The lowest BCUT2D eigenvalue weighted by Crippen LogP contribution is -2.04. The van der Waals surface area contributed by atoms with Crippen molar-refractivity contribution < 1.29 is 15.0 Å². The lowest BCUT2D eigenvalue weighted by Gasteiger charge is -2.09. The van der Waals surface area contributed by atoms with Crippen molar-refractivity contribution in [2.24, 2.45) is 0 Å². The Morgan fingerprint density at radius 3 is 2.41 bits per heavy atom. The van der Waals surface area contributed by atoms with E-state index in [9.17, 15) is 4.79 Å². The van der Waals surface area contributed by atoms with Gasteiger partial charge in [-0.1, -0.05) is 13.0 Å². The molecule has 2 N–H and O–H groups in total. The van der Waals surface area contributed by atoms with E-state index in [2.05, 4.69) is 28.7 Å². The quantitative estimate of drug-likeness (QED) is 0.826. The molecule has 2 rings (SSSR count). The van der Waals surface area contributed by atoms with Crippen molar-refractivity contribution in [1.82, 2.24) is 0 Å². The summed E-state index contributed by atoms with van der Waals surface area (Å²) in [6.07, 6.45) is 3.30. The van der Waals surface area contributed by atoms with Crippen molar-refractivity contribution in [1.29, 1.82) is 0 Å². The van der Waals surface area contributed by atoms with E-state index in [-0.39, 0.29) is 0 Å². The number of aliphatic hydroxyl groups excluding tert-OH is 1. The molecule has 0 heterocycles. The van der Waals surface area contributed by atoms with Crippen LogP contribution in [0.5, 0.6) is 0 Å². The highest BCUT2D eigenvalue weighted by molar-refractivity contribution is 14.1. The second-order valence-corrected chi connectivity index (χ2v) is 5.13. The largest absolute Gasteiger partial charge is 0.478 e. The zero-order valence-electron chi connectivity index (χ0n) is 10.0. The van der Waals surface area contributed by atoms with Gasteiger partial charge in [0.15, 0.2) is 0 Å². The summed E-state index contributed by atoms with van der Waals surface area (Å²) in [7, 11) is 1.00. The van der Waals surface area contributed by atoms with E-state index in [1.807, 2.05) is 13.0 Å². The molecule has 1 aliphatic rings. The molecule has 0 saturated heterocycles. The monoisotopic (exact) mass is 348 g/mol. The van der Waals surface area contributed by atoms with Crippen molar-refractivity contribution in [3.63, 3.8) is 0 Å². The molecular formula is C13H17IO3. The smallest absolute Gasteiger partial charge is 0.335 e. The van der Waals surface area contributed by atoms with Gasteiger partial charge in [-0.25, -0.2) is 4.79 Å². The fourth-order valence-electron chi connectivity index (χ4n) is 1.84. The number of halogens is 1. The molecule has 94 valence electrons. The molecule has 1 aromatic rings. The van der Waals surface area contributed by atoms with Crippen LogP contribution in [0.25, 0.3) is 0 Å². The van der Waals surface area contributed by atoms with E-state index < -0.39 is 5.97 Å². The Morgan fingerprint density at radius 1 is 1.41 bits per heavy atom. The Kier molecular flexibility index (Phi) is 5.39. The normalized spacial score (nSPS) is 13.9. The number of carbonyl (C=O) groups is 1. The fourth-order valence-corrected chi connectivity index (χ4v) is 2.74. The minimum Gasteiger partial charge on any atom is -0.478 e. The first kappa shape index (κ1) is 14.4. The number of hydrogen-bond donors (Lipinski definition) is 2. The summed E-state index contributed by atoms with van der Waals surface area (Å²) >= 11 is 2.24. The first-order chi connectivity index (χ1) is 8.13. The van der Waals surface area contributed by atoms with Crippen LogP contribution in [0.3, 0.4) is 0 Å². The molecule has 0 aliphatic heterocycles. The molecule has 0 atom stereocenters. The average Bonchev–Trinajstić information content (AvgIpc) is 3.15. The third-order valence-electron chi connectivity index (χ3n) is 2.85. The average molecular weight is 348 g/mol. The van der Waals surface area contributed by atoms with Crippen LogP contribution in [0.15, 0.2) is 12.1 Å². The van der Waals surface area contributed by atoms with E-state index in [1.54, 1.807) is 0 Å². The molecule has 1 fully saturated rings. The van der Waals surface area contributed by atoms with Gasteiger partial charge in [0.05, 0.1) is 5.56 Å². The second-order valence-electron chi connectivity index (χ2n) is 3.96. The minimum absolute atomic E-state index is 0.464. The molecule has 1 saturated carbocycles. The Bertz CT molecular complexity index is 411. The first-order valence-electron chi connectivity index (χ1n) is 5.63. The molecule has 17 heavy (non-hydrogen) atoms. The van der Waals surface area contributed by atoms with Crippen molar-refractivity contribution >= 4 is 28.6 Å². The maximum atomic E-state index is 11.0. The lowest BCUT2D eigenvalue weighted by atomic mass is 10.00. The molecule has 0 amide bonds. The van der Waals surface area contributed by atoms with Crippen LogP contribution in [-0.4, -0.2) is 23.3 Å². The van der Waals surface area contributed by atoms with Crippen LogP contribution in [0, 0.1) is 3.57 Å². The number of aryl methyl sites for hydroxylation is 1. The summed E-state index contributed by atoms with van der Waals surface area (Å²) < 4.78 is 1.10. The van der Waals surface area contributed by atoms with Crippen LogP contribution < -0.4 is 0 Å². The van der Waals surface area contributed by atoms with Gasteiger partial charge in [0, 0.05) is 10.7 Å². The Morgan fingerprint density at radius 2 is 2.00 bits per heavy atom. The predicted octanol–water partition coefficient (Wildman–Crippen LogP) is 3.04. The Labute approximate surface area is 115 Å². The predicted molar refractivity (Wildman–Crippen MR) is 75.6 cm³/mol. The number of benzene rings is 1. The third kappa shape index (κ3) is 3.42. The van der Waals surface area contributed by atoms with Crippen molar-refractivity contribution in [3.8, 4) is 0 Å². The molecule has 0 radical (unpaired) electrons. The molecule has 1 aromatic carbocycles. The van der Waals surface area contributed by atoms with Gasteiger partial charge in [-0.05, 0) is 65.0 Å². The number of hydrogen-bond acceptors (Lipinski definition) is 2. The zero-order valence-corrected chi connectivity index (χ0v) is 12.2. The highest BCUT2D eigenvalue weighted by Crippen LogP contribution is 2.42. The highest BCUT2D eigenvalue weighted by atomic mass is 127.